The first-order valence-corrected chi connectivity index (χ1v) is 9.49. The van der Waals surface area contributed by atoms with E-state index in [0.717, 1.165) is 29.6 Å². The van der Waals surface area contributed by atoms with Crippen molar-refractivity contribution in [1.82, 2.24) is 14.9 Å². The lowest BCUT2D eigenvalue weighted by Crippen LogP contribution is -2.40. The van der Waals surface area contributed by atoms with Crippen LogP contribution < -0.4 is 9.47 Å². The van der Waals surface area contributed by atoms with Gasteiger partial charge in [0.05, 0.1) is 7.11 Å². The summed E-state index contributed by atoms with van der Waals surface area (Å²) in [6, 6.07) is 15.4. The van der Waals surface area contributed by atoms with E-state index < -0.39 is 0 Å². The molecule has 3 aromatic rings. The number of fused-ring (bicyclic) bond motifs is 1. The van der Waals surface area contributed by atoms with Crippen molar-refractivity contribution >= 4 is 16.9 Å². The van der Waals surface area contributed by atoms with E-state index in [0.29, 0.717) is 30.5 Å². The van der Waals surface area contributed by atoms with Gasteiger partial charge in [-0.2, -0.15) is 0 Å². The summed E-state index contributed by atoms with van der Waals surface area (Å²) in [5, 5.41) is 1.05. The van der Waals surface area contributed by atoms with E-state index in [1.807, 2.05) is 35.2 Å². The van der Waals surface area contributed by atoms with Crippen LogP contribution >= 0.6 is 0 Å². The molecule has 0 spiro atoms. The van der Waals surface area contributed by atoms with Crippen LogP contribution in [0.2, 0.25) is 0 Å². The molecule has 2 aromatic heterocycles. The molecule has 6 nitrogen and oxygen atoms in total. The SMILES string of the molecule is COc1cccc(OCC(=O)N2CCC(c3ccc4cccnc4n3)CC2)c1. The van der Waals surface area contributed by atoms with Crippen molar-refractivity contribution in [3.63, 3.8) is 0 Å². The van der Waals surface area contributed by atoms with Gasteiger partial charge in [-0.05, 0) is 49.2 Å². The second-order valence-corrected chi connectivity index (χ2v) is 6.91. The summed E-state index contributed by atoms with van der Waals surface area (Å²) >= 11 is 0. The summed E-state index contributed by atoms with van der Waals surface area (Å²) in [5.74, 6) is 1.71. The zero-order valence-electron chi connectivity index (χ0n) is 15.9. The second-order valence-electron chi connectivity index (χ2n) is 6.91. The Labute approximate surface area is 164 Å². The van der Waals surface area contributed by atoms with E-state index >= 15 is 0 Å². The van der Waals surface area contributed by atoms with Gasteiger partial charge in [-0.1, -0.05) is 6.07 Å². The van der Waals surface area contributed by atoms with Crippen molar-refractivity contribution in [1.29, 1.82) is 0 Å². The van der Waals surface area contributed by atoms with Crippen LogP contribution in [0, 0.1) is 0 Å². The third kappa shape index (κ3) is 4.06. The summed E-state index contributed by atoms with van der Waals surface area (Å²) < 4.78 is 10.8. The number of pyridine rings is 2. The van der Waals surface area contributed by atoms with Crippen LogP contribution in [-0.2, 0) is 4.79 Å². The topological polar surface area (TPSA) is 64.6 Å². The van der Waals surface area contributed by atoms with Crippen molar-refractivity contribution < 1.29 is 14.3 Å². The first-order valence-electron chi connectivity index (χ1n) is 9.49. The fourth-order valence-corrected chi connectivity index (χ4v) is 3.55. The van der Waals surface area contributed by atoms with Crippen LogP contribution in [0.25, 0.3) is 11.0 Å². The fourth-order valence-electron chi connectivity index (χ4n) is 3.55. The number of methoxy groups -OCH3 is 1. The first-order chi connectivity index (χ1) is 13.7. The van der Waals surface area contributed by atoms with E-state index in [-0.39, 0.29) is 12.5 Å². The lowest BCUT2D eigenvalue weighted by molar-refractivity contribution is -0.134. The highest BCUT2D eigenvalue weighted by Gasteiger charge is 2.25. The maximum absolute atomic E-state index is 12.5. The molecule has 0 unspecified atom stereocenters. The smallest absolute Gasteiger partial charge is 0.260 e. The average molecular weight is 377 g/mol. The number of ether oxygens (including phenoxy) is 2. The van der Waals surface area contributed by atoms with E-state index in [9.17, 15) is 4.79 Å². The quantitative estimate of drug-likeness (QED) is 0.682. The molecule has 4 rings (SSSR count). The molecule has 1 aliphatic rings. The third-order valence-corrected chi connectivity index (χ3v) is 5.15. The molecule has 0 bridgehead atoms. The number of carbonyl (C=O) groups is 1. The van der Waals surface area contributed by atoms with Crippen LogP contribution in [0.4, 0.5) is 0 Å². The summed E-state index contributed by atoms with van der Waals surface area (Å²) in [5.41, 5.74) is 1.84. The molecule has 1 amide bonds. The van der Waals surface area contributed by atoms with Crippen LogP contribution in [0.5, 0.6) is 11.5 Å². The Kier molecular flexibility index (Phi) is 5.37. The molecule has 1 fully saturated rings. The van der Waals surface area contributed by atoms with Crippen molar-refractivity contribution in [2.24, 2.45) is 0 Å². The predicted octanol–water partition coefficient (Wildman–Crippen LogP) is 3.42. The Bertz CT molecular complexity index is 968. The van der Waals surface area contributed by atoms with E-state index in [4.69, 9.17) is 14.5 Å². The Morgan fingerprint density at radius 2 is 1.93 bits per heavy atom. The van der Waals surface area contributed by atoms with Crippen molar-refractivity contribution in [3.05, 3.63) is 60.4 Å². The van der Waals surface area contributed by atoms with Crippen LogP contribution in [0.1, 0.15) is 24.5 Å². The van der Waals surface area contributed by atoms with Gasteiger partial charge in [0.15, 0.2) is 12.3 Å². The van der Waals surface area contributed by atoms with Gasteiger partial charge in [0.2, 0.25) is 0 Å². The van der Waals surface area contributed by atoms with Crippen LogP contribution in [0.15, 0.2) is 54.7 Å². The molecular weight excluding hydrogens is 354 g/mol. The molecule has 3 heterocycles. The molecule has 1 saturated heterocycles. The molecule has 1 aliphatic heterocycles. The lowest BCUT2D eigenvalue weighted by Gasteiger charge is -2.31. The lowest BCUT2D eigenvalue weighted by atomic mass is 9.93. The molecular formula is C22H23N3O3. The number of amides is 1. The number of piperidine rings is 1. The fraction of sp³-hybridized carbons (Fsp3) is 0.318. The summed E-state index contributed by atoms with van der Waals surface area (Å²) in [6.45, 7) is 1.47. The highest BCUT2D eigenvalue weighted by atomic mass is 16.5. The highest BCUT2D eigenvalue weighted by molar-refractivity contribution is 5.78. The molecule has 1 aromatic carbocycles. The highest BCUT2D eigenvalue weighted by Crippen LogP contribution is 2.28. The molecule has 0 atom stereocenters. The van der Waals surface area contributed by atoms with Crippen LogP contribution in [-0.4, -0.2) is 47.6 Å². The van der Waals surface area contributed by atoms with Gasteiger partial charge in [0.1, 0.15) is 11.5 Å². The monoisotopic (exact) mass is 377 g/mol. The maximum atomic E-state index is 12.5. The Hall–Kier alpha value is -3.15. The summed E-state index contributed by atoms with van der Waals surface area (Å²) in [6.07, 6.45) is 3.56. The number of hydrogen-bond donors (Lipinski definition) is 0. The summed E-state index contributed by atoms with van der Waals surface area (Å²) in [4.78, 5) is 23.4. The number of benzene rings is 1. The number of carbonyl (C=O) groups excluding carboxylic acids is 1. The number of likely N-dealkylation sites (tertiary alicyclic amines) is 1. The van der Waals surface area contributed by atoms with Gasteiger partial charge >= 0.3 is 0 Å². The molecule has 0 N–H and O–H groups in total. The normalized spacial score (nSPS) is 14.8. The van der Waals surface area contributed by atoms with Crippen molar-refractivity contribution in [2.75, 3.05) is 26.8 Å². The second kappa shape index (κ2) is 8.25. The first kappa shape index (κ1) is 18.2. The molecule has 0 saturated carbocycles. The van der Waals surface area contributed by atoms with Gasteiger partial charge in [-0.3, -0.25) is 4.79 Å². The number of aromatic nitrogens is 2. The van der Waals surface area contributed by atoms with Gasteiger partial charge in [-0.25, -0.2) is 9.97 Å². The maximum Gasteiger partial charge on any atom is 0.260 e. The molecule has 6 heteroatoms. The number of hydrogen-bond acceptors (Lipinski definition) is 5. The van der Waals surface area contributed by atoms with E-state index in [1.165, 1.54) is 0 Å². The Balaban J connectivity index is 1.32. The Morgan fingerprint density at radius 1 is 1.11 bits per heavy atom. The standard InChI is InChI=1S/C22H23N3O3/c1-27-18-5-2-6-19(14-18)28-15-21(26)25-12-9-16(10-13-25)20-8-7-17-4-3-11-23-22(17)24-20/h2-8,11,14,16H,9-10,12-13,15H2,1H3. The minimum absolute atomic E-state index is 0.00871. The largest absolute Gasteiger partial charge is 0.497 e. The molecule has 28 heavy (non-hydrogen) atoms. The molecule has 0 radical (unpaired) electrons. The van der Waals surface area contributed by atoms with Crippen LogP contribution in [0.3, 0.4) is 0 Å². The van der Waals surface area contributed by atoms with Gasteiger partial charge in [0.25, 0.3) is 5.91 Å². The van der Waals surface area contributed by atoms with Gasteiger partial charge in [0, 0.05) is 42.4 Å². The minimum Gasteiger partial charge on any atom is -0.497 e. The van der Waals surface area contributed by atoms with Crippen molar-refractivity contribution in [2.45, 2.75) is 18.8 Å². The molecule has 0 aliphatic carbocycles. The zero-order chi connectivity index (χ0) is 19.3. The van der Waals surface area contributed by atoms with Gasteiger partial charge in [-0.15, -0.1) is 0 Å². The summed E-state index contributed by atoms with van der Waals surface area (Å²) in [7, 11) is 1.61. The molecule has 144 valence electrons. The van der Waals surface area contributed by atoms with E-state index in [1.54, 1.807) is 19.4 Å². The number of nitrogens with zero attached hydrogens (tertiary/aromatic N) is 3. The zero-order valence-corrected chi connectivity index (χ0v) is 15.9. The van der Waals surface area contributed by atoms with Gasteiger partial charge < -0.3 is 14.4 Å². The number of rotatable bonds is 5. The van der Waals surface area contributed by atoms with Crippen molar-refractivity contribution in [3.8, 4) is 11.5 Å². The average Bonchev–Trinajstić information content (AvgIpc) is 2.77. The van der Waals surface area contributed by atoms with E-state index in [2.05, 4.69) is 17.1 Å². The third-order valence-electron chi connectivity index (χ3n) is 5.15. The minimum atomic E-state index is 0.00871. The Morgan fingerprint density at radius 3 is 2.75 bits per heavy atom. The predicted molar refractivity (Wildman–Crippen MR) is 107 cm³/mol.